The molecule has 0 amide bonds. The summed E-state index contributed by atoms with van der Waals surface area (Å²) in [6.07, 6.45) is 4.77. The van der Waals surface area contributed by atoms with Crippen LogP contribution in [0, 0.1) is 12.3 Å². The number of nitrogens with zero attached hydrogens (tertiary/aromatic N) is 3. The van der Waals surface area contributed by atoms with Gasteiger partial charge < -0.3 is 11.1 Å². The van der Waals surface area contributed by atoms with Crippen LogP contribution in [0.25, 0.3) is 5.69 Å². The third kappa shape index (κ3) is 2.55. The van der Waals surface area contributed by atoms with Crippen molar-refractivity contribution in [1.29, 1.82) is 5.41 Å². The minimum atomic E-state index is -0.203. The van der Waals surface area contributed by atoms with E-state index in [9.17, 15) is 4.79 Å². The molecule has 23 heavy (non-hydrogen) atoms. The SMILES string of the molecule is Cc1c(N=C2C=CC(=N)C=C2N)c(=O)n(-c2ccccc2)n1C. The molecule has 1 heterocycles. The summed E-state index contributed by atoms with van der Waals surface area (Å²) in [5, 5.41) is 7.56. The summed E-state index contributed by atoms with van der Waals surface area (Å²) in [5.74, 6) is 0. The zero-order chi connectivity index (χ0) is 16.6. The Hall–Kier alpha value is -3.15. The van der Waals surface area contributed by atoms with E-state index in [4.69, 9.17) is 11.1 Å². The van der Waals surface area contributed by atoms with Crippen molar-refractivity contribution in [1.82, 2.24) is 9.36 Å². The topological polar surface area (TPSA) is 89.2 Å². The molecule has 0 radical (unpaired) electrons. The Kier molecular flexibility index (Phi) is 3.57. The number of hydrogen-bond acceptors (Lipinski definition) is 4. The maximum absolute atomic E-state index is 12.8. The first-order valence-electron chi connectivity index (χ1n) is 7.16. The molecule has 3 N–H and O–H groups in total. The Morgan fingerprint density at radius 2 is 1.87 bits per heavy atom. The Labute approximate surface area is 133 Å². The summed E-state index contributed by atoms with van der Waals surface area (Å²) in [6, 6.07) is 9.40. The lowest BCUT2D eigenvalue weighted by Crippen LogP contribution is -2.19. The van der Waals surface area contributed by atoms with Crippen molar-refractivity contribution in [3.8, 4) is 5.69 Å². The van der Waals surface area contributed by atoms with E-state index in [0.29, 0.717) is 22.8 Å². The van der Waals surface area contributed by atoms with E-state index in [1.54, 1.807) is 21.5 Å². The van der Waals surface area contributed by atoms with E-state index in [0.717, 1.165) is 11.4 Å². The highest BCUT2D eigenvalue weighted by Crippen LogP contribution is 2.18. The highest BCUT2D eigenvalue weighted by atomic mass is 16.1. The second kappa shape index (κ2) is 5.57. The third-order valence-corrected chi connectivity index (χ3v) is 3.78. The van der Waals surface area contributed by atoms with Crippen LogP contribution in [0.3, 0.4) is 0 Å². The van der Waals surface area contributed by atoms with Gasteiger partial charge in [0.15, 0.2) is 5.69 Å². The summed E-state index contributed by atoms with van der Waals surface area (Å²) >= 11 is 0. The van der Waals surface area contributed by atoms with Gasteiger partial charge in [-0.15, -0.1) is 0 Å². The van der Waals surface area contributed by atoms with E-state index in [1.807, 2.05) is 44.3 Å². The number of para-hydroxylation sites is 1. The Bertz CT molecular complexity index is 926. The molecule has 0 unspecified atom stereocenters. The fourth-order valence-corrected chi connectivity index (χ4v) is 2.46. The molecule has 0 aliphatic heterocycles. The van der Waals surface area contributed by atoms with Gasteiger partial charge in [0.25, 0.3) is 5.56 Å². The van der Waals surface area contributed by atoms with Crippen molar-refractivity contribution in [2.24, 2.45) is 17.8 Å². The van der Waals surface area contributed by atoms with E-state index in [2.05, 4.69) is 4.99 Å². The molecule has 1 aromatic heterocycles. The molecule has 6 heteroatoms. The zero-order valence-corrected chi connectivity index (χ0v) is 12.9. The van der Waals surface area contributed by atoms with Crippen LogP contribution in [0.5, 0.6) is 0 Å². The molecule has 0 bridgehead atoms. The van der Waals surface area contributed by atoms with Crippen LogP contribution in [-0.4, -0.2) is 20.8 Å². The van der Waals surface area contributed by atoms with Crippen LogP contribution >= 0.6 is 0 Å². The molecular formula is C17H17N5O. The minimum absolute atomic E-state index is 0.203. The fourth-order valence-electron chi connectivity index (χ4n) is 2.46. The Morgan fingerprint density at radius 1 is 1.17 bits per heavy atom. The molecule has 0 spiro atoms. The molecule has 0 atom stereocenters. The van der Waals surface area contributed by atoms with Crippen LogP contribution < -0.4 is 11.3 Å². The van der Waals surface area contributed by atoms with Crippen LogP contribution in [-0.2, 0) is 7.05 Å². The lowest BCUT2D eigenvalue weighted by atomic mass is 10.1. The average Bonchev–Trinajstić information content (AvgIpc) is 2.74. The van der Waals surface area contributed by atoms with Crippen molar-refractivity contribution in [3.05, 3.63) is 70.3 Å². The lowest BCUT2D eigenvalue weighted by molar-refractivity contribution is 0.630. The largest absolute Gasteiger partial charge is 0.397 e. The van der Waals surface area contributed by atoms with Gasteiger partial charge in [0.05, 0.1) is 28.5 Å². The van der Waals surface area contributed by atoms with Gasteiger partial charge in [0.1, 0.15) is 0 Å². The van der Waals surface area contributed by atoms with Crippen LogP contribution in [0.1, 0.15) is 5.69 Å². The Morgan fingerprint density at radius 3 is 2.52 bits per heavy atom. The van der Waals surface area contributed by atoms with Gasteiger partial charge in [-0.05, 0) is 37.3 Å². The minimum Gasteiger partial charge on any atom is -0.397 e. The first-order valence-corrected chi connectivity index (χ1v) is 7.16. The lowest BCUT2D eigenvalue weighted by Gasteiger charge is -2.07. The van der Waals surface area contributed by atoms with Gasteiger partial charge in [-0.25, -0.2) is 9.67 Å². The van der Waals surface area contributed by atoms with Crippen LogP contribution in [0.4, 0.5) is 5.69 Å². The number of aromatic nitrogens is 2. The number of rotatable bonds is 2. The highest BCUT2D eigenvalue weighted by molar-refractivity contribution is 6.20. The van der Waals surface area contributed by atoms with E-state index in [1.165, 1.54) is 6.08 Å². The van der Waals surface area contributed by atoms with Crippen LogP contribution in [0.15, 0.2) is 64.0 Å². The van der Waals surface area contributed by atoms with Gasteiger partial charge in [-0.3, -0.25) is 9.48 Å². The van der Waals surface area contributed by atoms with Gasteiger partial charge in [-0.2, -0.15) is 0 Å². The van der Waals surface area contributed by atoms with Gasteiger partial charge in [0, 0.05) is 7.05 Å². The maximum Gasteiger partial charge on any atom is 0.297 e. The van der Waals surface area contributed by atoms with Gasteiger partial charge in [-0.1, -0.05) is 18.2 Å². The molecule has 1 aliphatic carbocycles. The van der Waals surface area contributed by atoms with E-state index in [-0.39, 0.29) is 5.56 Å². The highest BCUT2D eigenvalue weighted by Gasteiger charge is 2.17. The molecule has 2 aromatic rings. The van der Waals surface area contributed by atoms with Crippen molar-refractivity contribution in [2.75, 3.05) is 0 Å². The zero-order valence-electron chi connectivity index (χ0n) is 12.9. The summed E-state index contributed by atoms with van der Waals surface area (Å²) in [5.41, 5.74) is 8.75. The number of allylic oxidation sites excluding steroid dienone is 3. The second-order valence-corrected chi connectivity index (χ2v) is 5.30. The number of nitrogens with two attached hydrogens (primary N) is 1. The molecule has 3 rings (SSSR count). The molecule has 1 aromatic carbocycles. The maximum atomic E-state index is 12.8. The van der Waals surface area contributed by atoms with Gasteiger partial charge in [0.2, 0.25) is 0 Å². The predicted molar refractivity (Wildman–Crippen MR) is 92.0 cm³/mol. The molecule has 1 aliphatic rings. The molecule has 6 nitrogen and oxygen atoms in total. The first-order chi connectivity index (χ1) is 11.0. The summed E-state index contributed by atoms with van der Waals surface area (Å²) < 4.78 is 3.34. The van der Waals surface area contributed by atoms with Crippen molar-refractivity contribution >= 4 is 17.1 Å². The number of aliphatic imine (C=N–C) groups is 1. The molecule has 0 saturated heterocycles. The summed E-state index contributed by atoms with van der Waals surface area (Å²) in [7, 11) is 1.82. The number of nitrogens with one attached hydrogen (secondary N) is 1. The Balaban J connectivity index is 2.17. The smallest absolute Gasteiger partial charge is 0.297 e. The molecule has 116 valence electrons. The van der Waals surface area contributed by atoms with Crippen molar-refractivity contribution in [3.63, 3.8) is 0 Å². The van der Waals surface area contributed by atoms with E-state index >= 15 is 0 Å². The normalized spacial score (nSPS) is 16.0. The quantitative estimate of drug-likeness (QED) is 0.831. The molecular weight excluding hydrogens is 290 g/mol. The predicted octanol–water partition coefficient (Wildman–Crippen LogP) is 1.99. The molecule has 0 saturated carbocycles. The molecule has 0 fully saturated rings. The third-order valence-electron chi connectivity index (χ3n) is 3.78. The number of hydrogen-bond donors (Lipinski definition) is 2. The number of benzene rings is 1. The van der Waals surface area contributed by atoms with Crippen molar-refractivity contribution < 1.29 is 0 Å². The fraction of sp³-hybridized carbons (Fsp3) is 0.118. The average molecular weight is 307 g/mol. The standard InChI is InChI=1S/C17H17N5O/c1-11-16(20-15-9-8-12(18)10-14(15)19)17(23)22(21(11)2)13-6-4-3-5-7-13/h3-10,18H,19H2,1-2H3. The van der Waals surface area contributed by atoms with E-state index < -0.39 is 0 Å². The second-order valence-electron chi connectivity index (χ2n) is 5.30. The summed E-state index contributed by atoms with van der Waals surface area (Å²) in [6.45, 7) is 1.84. The first kappa shape index (κ1) is 14.8. The van der Waals surface area contributed by atoms with Gasteiger partial charge >= 0.3 is 0 Å². The van der Waals surface area contributed by atoms with Crippen molar-refractivity contribution in [2.45, 2.75) is 6.92 Å². The summed E-state index contributed by atoms with van der Waals surface area (Å²) in [4.78, 5) is 17.2. The monoisotopic (exact) mass is 307 g/mol. The van der Waals surface area contributed by atoms with Crippen LogP contribution in [0.2, 0.25) is 0 Å².